The molecule has 0 saturated heterocycles. The minimum Gasteiger partial charge on any atom is -0.497 e. The summed E-state index contributed by atoms with van der Waals surface area (Å²) in [7, 11) is 1.64. The normalized spacial score (nSPS) is 10.2. The molecule has 0 bridgehead atoms. The summed E-state index contributed by atoms with van der Waals surface area (Å²) in [5.41, 5.74) is 1.04. The van der Waals surface area contributed by atoms with Crippen LogP contribution in [0.4, 0.5) is 0 Å². The first-order valence-corrected chi connectivity index (χ1v) is 4.81. The lowest BCUT2D eigenvalue weighted by molar-refractivity contribution is 0.414. The molecular weight excluding hydrogens is 219 g/mol. The SMILES string of the molecule is COc1cccc(/C=C\C=C(Cl)Cl)c1. The van der Waals surface area contributed by atoms with Crippen LogP contribution in [0.2, 0.25) is 0 Å². The predicted molar refractivity (Wildman–Crippen MR) is 61.8 cm³/mol. The van der Waals surface area contributed by atoms with Crippen LogP contribution in [0.25, 0.3) is 6.08 Å². The molecule has 0 aliphatic rings. The molecule has 0 amide bonds. The van der Waals surface area contributed by atoms with E-state index in [2.05, 4.69) is 0 Å². The molecular formula is C11H10Cl2O. The summed E-state index contributed by atoms with van der Waals surface area (Å²) in [6, 6.07) is 7.70. The standard InChI is InChI=1S/C11H10Cl2O/c1-14-10-6-2-4-9(8-10)5-3-7-11(12)13/h2-8H,1H3/b5-3-. The number of methoxy groups -OCH3 is 1. The molecule has 0 saturated carbocycles. The van der Waals surface area contributed by atoms with Gasteiger partial charge >= 0.3 is 0 Å². The van der Waals surface area contributed by atoms with E-state index in [1.807, 2.05) is 30.3 Å². The van der Waals surface area contributed by atoms with Crippen LogP contribution in [0, 0.1) is 0 Å². The van der Waals surface area contributed by atoms with E-state index in [4.69, 9.17) is 27.9 Å². The van der Waals surface area contributed by atoms with Crippen molar-refractivity contribution >= 4 is 29.3 Å². The molecule has 0 fully saturated rings. The van der Waals surface area contributed by atoms with E-state index in [0.717, 1.165) is 11.3 Å². The fourth-order valence-electron chi connectivity index (χ4n) is 0.977. The van der Waals surface area contributed by atoms with Gasteiger partial charge in [-0.2, -0.15) is 0 Å². The Labute approximate surface area is 93.6 Å². The molecule has 0 heterocycles. The Morgan fingerprint density at radius 3 is 2.79 bits per heavy atom. The molecule has 0 radical (unpaired) electrons. The van der Waals surface area contributed by atoms with Gasteiger partial charge in [-0.25, -0.2) is 0 Å². The van der Waals surface area contributed by atoms with Crippen LogP contribution in [-0.2, 0) is 0 Å². The average Bonchev–Trinajstić information content (AvgIpc) is 2.18. The predicted octanol–water partition coefficient (Wildman–Crippen LogP) is 4.03. The van der Waals surface area contributed by atoms with Crippen molar-refractivity contribution in [3.05, 3.63) is 46.5 Å². The molecule has 0 aromatic heterocycles. The molecule has 14 heavy (non-hydrogen) atoms. The molecule has 0 aliphatic carbocycles. The molecule has 1 rings (SSSR count). The van der Waals surface area contributed by atoms with Crippen molar-refractivity contribution in [2.24, 2.45) is 0 Å². The first kappa shape index (κ1) is 11.2. The topological polar surface area (TPSA) is 9.23 Å². The Morgan fingerprint density at radius 1 is 1.36 bits per heavy atom. The monoisotopic (exact) mass is 228 g/mol. The van der Waals surface area contributed by atoms with Crippen molar-refractivity contribution in [3.63, 3.8) is 0 Å². The number of ether oxygens (including phenoxy) is 1. The Balaban J connectivity index is 2.76. The number of benzene rings is 1. The summed E-state index contributed by atoms with van der Waals surface area (Å²) in [6.45, 7) is 0. The first-order chi connectivity index (χ1) is 6.72. The van der Waals surface area contributed by atoms with Gasteiger partial charge in [0.05, 0.1) is 7.11 Å². The van der Waals surface area contributed by atoms with Crippen molar-refractivity contribution in [3.8, 4) is 5.75 Å². The number of allylic oxidation sites excluding steroid dienone is 2. The fraction of sp³-hybridized carbons (Fsp3) is 0.0909. The minimum atomic E-state index is 0.240. The molecule has 0 N–H and O–H groups in total. The quantitative estimate of drug-likeness (QED) is 0.711. The Kier molecular flexibility index (Phi) is 4.57. The third-order valence-corrected chi connectivity index (χ3v) is 1.86. The van der Waals surface area contributed by atoms with E-state index in [1.54, 1.807) is 19.3 Å². The van der Waals surface area contributed by atoms with Crippen molar-refractivity contribution in [2.75, 3.05) is 7.11 Å². The van der Waals surface area contributed by atoms with Crippen molar-refractivity contribution < 1.29 is 4.74 Å². The average molecular weight is 229 g/mol. The van der Waals surface area contributed by atoms with Gasteiger partial charge in [-0.1, -0.05) is 47.5 Å². The van der Waals surface area contributed by atoms with Crippen molar-refractivity contribution in [1.82, 2.24) is 0 Å². The van der Waals surface area contributed by atoms with Crippen LogP contribution in [0.5, 0.6) is 5.75 Å². The van der Waals surface area contributed by atoms with Crippen molar-refractivity contribution in [2.45, 2.75) is 0 Å². The van der Waals surface area contributed by atoms with Crippen molar-refractivity contribution in [1.29, 1.82) is 0 Å². The second kappa shape index (κ2) is 5.74. The molecule has 0 atom stereocenters. The smallest absolute Gasteiger partial charge is 0.119 e. The van der Waals surface area contributed by atoms with Gasteiger partial charge in [0.2, 0.25) is 0 Å². The highest BCUT2D eigenvalue weighted by atomic mass is 35.5. The van der Waals surface area contributed by atoms with E-state index in [0.29, 0.717) is 0 Å². The lowest BCUT2D eigenvalue weighted by Gasteiger charge is -1.99. The highest BCUT2D eigenvalue weighted by molar-refractivity contribution is 6.56. The first-order valence-electron chi connectivity index (χ1n) is 4.06. The van der Waals surface area contributed by atoms with Crippen LogP contribution < -0.4 is 4.74 Å². The Bertz CT molecular complexity index is 352. The zero-order chi connectivity index (χ0) is 10.4. The molecule has 74 valence electrons. The largest absolute Gasteiger partial charge is 0.497 e. The summed E-state index contributed by atoms with van der Waals surface area (Å²) in [5, 5.41) is 0. The van der Waals surface area contributed by atoms with Gasteiger partial charge in [0.25, 0.3) is 0 Å². The lowest BCUT2D eigenvalue weighted by Crippen LogP contribution is -1.81. The third kappa shape index (κ3) is 3.86. The number of halogens is 2. The van der Waals surface area contributed by atoms with E-state index >= 15 is 0 Å². The van der Waals surface area contributed by atoms with E-state index in [1.165, 1.54) is 0 Å². The summed E-state index contributed by atoms with van der Waals surface area (Å²) < 4.78 is 5.32. The Hall–Kier alpha value is -0.920. The van der Waals surface area contributed by atoms with Gasteiger partial charge < -0.3 is 4.74 Å². The molecule has 3 heteroatoms. The van der Waals surface area contributed by atoms with Crippen LogP contribution >= 0.6 is 23.2 Å². The van der Waals surface area contributed by atoms with Gasteiger partial charge in [-0.05, 0) is 23.8 Å². The Morgan fingerprint density at radius 2 is 2.14 bits per heavy atom. The molecule has 1 aromatic rings. The molecule has 0 aliphatic heterocycles. The summed E-state index contributed by atoms with van der Waals surface area (Å²) in [4.78, 5) is 0. The number of rotatable bonds is 3. The lowest BCUT2D eigenvalue weighted by atomic mass is 10.2. The number of hydrogen-bond acceptors (Lipinski definition) is 1. The maximum absolute atomic E-state index is 5.45. The van der Waals surface area contributed by atoms with E-state index in [9.17, 15) is 0 Å². The highest BCUT2D eigenvalue weighted by Crippen LogP contribution is 2.14. The fourth-order valence-corrected chi connectivity index (χ4v) is 1.12. The van der Waals surface area contributed by atoms with Gasteiger partial charge in [0.1, 0.15) is 10.2 Å². The van der Waals surface area contributed by atoms with Gasteiger partial charge in [-0.3, -0.25) is 0 Å². The molecule has 1 nitrogen and oxygen atoms in total. The zero-order valence-corrected chi connectivity index (χ0v) is 9.22. The summed E-state index contributed by atoms with van der Waals surface area (Å²) >= 11 is 10.9. The third-order valence-electron chi connectivity index (χ3n) is 1.60. The molecule has 0 spiro atoms. The highest BCUT2D eigenvalue weighted by Gasteiger charge is 1.90. The molecule has 1 aromatic carbocycles. The van der Waals surface area contributed by atoms with Crippen LogP contribution in [-0.4, -0.2) is 7.11 Å². The van der Waals surface area contributed by atoms with Crippen LogP contribution in [0.15, 0.2) is 40.9 Å². The van der Waals surface area contributed by atoms with Gasteiger partial charge in [0.15, 0.2) is 0 Å². The number of hydrogen-bond donors (Lipinski definition) is 0. The van der Waals surface area contributed by atoms with Crippen LogP contribution in [0.3, 0.4) is 0 Å². The maximum atomic E-state index is 5.45. The maximum Gasteiger partial charge on any atom is 0.119 e. The summed E-state index contributed by atoms with van der Waals surface area (Å²) in [6.07, 6.45) is 5.29. The zero-order valence-electron chi connectivity index (χ0n) is 7.71. The van der Waals surface area contributed by atoms with Gasteiger partial charge in [0, 0.05) is 0 Å². The van der Waals surface area contributed by atoms with E-state index < -0.39 is 0 Å². The molecule has 0 unspecified atom stereocenters. The summed E-state index contributed by atoms with van der Waals surface area (Å²) in [5.74, 6) is 0.827. The second-order valence-electron chi connectivity index (χ2n) is 2.59. The van der Waals surface area contributed by atoms with Crippen LogP contribution in [0.1, 0.15) is 5.56 Å². The minimum absolute atomic E-state index is 0.240. The van der Waals surface area contributed by atoms with E-state index in [-0.39, 0.29) is 4.49 Å². The van der Waals surface area contributed by atoms with Gasteiger partial charge in [-0.15, -0.1) is 0 Å². The second-order valence-corrected chi connectivity index (χ2v) is 3.60.